The largest absolute Gasteiger partial charge is 0.455 e. The third-order valence-corrected chi connectivity index (χ3v) is 2.50. The fourth-order valence-corrected chi connectivity index (χ4v) is 1.52. The van der Waals surface area contributed by atoms with Crippen molar-refractivity contribution >= 4 is 11.6 Å². The summed E-state index contributed by atoms with van der Waals surface area (Å²) in [7, 11) is 3.35. The maximum atomic E-state index is 11.8. The number of rotatable bonds is 3. The van der Waals surface area contributed by atoms with Crippen LogP contribution in [0.1, 0.15) is 10.5 Å². The Morgan fingerprint density at radius 2 is 2.00 bits per heavy atom. The summed E-state index contributed by atoms with van der Waals surface area (Å²) in [5.74, 6) is 0.904. The molecule has 1 heterocycles. The molecular formula is C14H15N3O2. The monoisotopic (exact) mass is 257 g/mol. The van der Waals surface area contributed by atoms with E-state index < -0.39 is 0 Å². The van der Waals surface area contributed by atoms with E-state index in [2.05, 4.69) is 4.98 Å². The van der Waals surface area contributed by atoms with Gasteiger partial charge in [-0.05, 0) is 18.2 Å². The molecule has 1 aromatic carbocycles. The van der Waals surface area contributed by atoms with E-state index in [9.17, 15) is 4.79 Å². The summed E-state index contributed by atoms with van der Waals surface area (Å²) >= 11 is 0. The topological polar surface area (TPSA) is 68.5 Å². The lowest BCUT2D eigenvalue weighted by Crippen LogP contribution is -2.22. The minimum Gasteiger partial charge on any atom is -0.455 e. The molecule has 0 aliphatic heterocycles. The van der Waals surface area contributed by atoms with Crippen molar-refractivity contribution in [3.63, 3.8) is 0 Å². The van der Waals surface area contributed by atoms with Gasteiger partial charge in [0.2, 0.25) is 0 Å². The smallest absolute Gasteiger partial charge is 0.272 e. The molecule has 2 rings (SSSR count). The molecular weight excluding hydrogens is 242 g/mol. The Bertz CT molecular complexity index is 597. The summed E-state index contributed by atoms with van der Waals surface area (Å²) in [4.78, 5) is 17.3. The molecule has 1 aromatic heterocycles. The zero-order valence-corrected chi connectivity index (χ0v) is 10.8. The lowest BCUT2D eigenvalue weighted by atomic mass is 10.3. The van der Waals surface area contributed by atoms with Crippen LogP contribution < -0.4 is 10.5 Å². The van der Waals surface area contributed by atoms with E-state index in [0.29, 0.717) is 22.9 Å². The van der Waals surface area contributed by atoms with Crippen LogP contribution in [0.5, 0.6) is 11.5 Å². The summed E-state index contributed by atoms with van der Waals surface area (Å²) in [6.45, 7) is 0. The number of anilines is 1. The number of benzene rings is 1. The average Bonchev–Trinajstić information content (AvgIpc) is 2.41. The van der Waals surface area contributed by atoms with Gasteiger partial charge in [-0.1, -0.05) is 12.1 Å². The number of hydrogen-bond acceptors (Lipinski definition) is 4. The number of carbonyl (C=O) groups is 1. The molecule has 1 amide bonds. The van der Waals surface area contributed by atoms with Crippen LogP contribution in [0, 0.1) is 0 Å². The van der Waals surface area contributed by atoms with E-state index in [1.165, 1.54) is 11.1 Å². The van der Waals surface area contributed by atoms with Gasteiger partial charge >= 0.3 is 0 Å². The van der Waals surface area contributed by atoms with Crippen LogP contribution in [0.25, 0.3) is 0 Å². The Hall–Kier alpha value is -2.56. The minimum absolute atomic E-state index is 0.175. The predicted molar refractivity (Wildman–Crippen MR) is 73.2 cm³/mol. The number of ether oxygens (including phenoxy) is 1. The van der Waals surface area contributed by atoms with Gasteiger partial charge in [0, 0.05) is 26.4 Å². The molecule has 0 saturated carbocycles. The van der Waals surface area contributed by atoms with E-state index >= 15 is 0 Å². The molecule has 0 atom stereocenters. The van der Waals surface area contributed by atoms with Crippen molar-refractivity contribution in [2.75, 3.05) is 19.8 Å². The van der Waals surface area contributed by atoms with Crippen molar-refractivity contribution < 1.29 is 9.53 Å². The van der Waals surface area contributed by atoms with Gasteiger partial charge < -0.3 is 15.4 Å². The number of nitrogens with two attached hydrogens (primary N) is 1. The quantitative estimate of drug-likeness (QED) is 0.855. The molecule has 0 fully saturated rings. The Labute approximate surface area is 111 Å². The first-order chi connectivity index (χ1) is 9.08. The third-order valence-electron chi connectivity index (χ3n) is 2.50. The van der Waals surface area contributed by atoms with Crippen molar-refractivity contribution in [3.8, 4) is 11.5 Å². The summed E-state index contributed by atoms with van der Waals surface area (Å²) in [5.41, 5.74) is 6.67. The molecule has 2 N–H and O–H groups in total. The molecule has 5 nitrogen and oxygen atoms in total. The number of hydrogen-bond donors (Lipinski definition) is 1. The Morgan fingerprint density at radius 1 is 1.26 bits per heavy atom. The van der Waals surface area contributed by atoms with Gasteiger partial charge in [-0.25, -0.2) is 0 Å². The molecule has 0 aliphatic carbocycles. The van der Waals surface area contributed by atoms with Crippen LogP contribution in [0.3, 0.4) is 0 Å². The molecule has 98 valence electrons. The van der Waals surface area contributed by atoms with Crippen LogP contribution in [0.15, 0.2) is 42.6 Å². The standard InChI is InChI=1S/C14H15N3O2/c1-17(2)14(18)12-9-10(7-8-16-12)19-13-6-4-3-5-11(13)15/h3-9H,15H2,1-2H3. The number of aromatic nitrogens is 1. The van der Waals surface area contributed by atoms with Gasteiger partial charge in [0.15, 0.2) is 0 Å². The van der Waals surface area contributed by atoms with Crippen LogP contribution in [-0.4, -0.2) is 29.9 Å². The second kappa shape index (κ2) is 5.39. The van der Waals surface area contributed by atoms with Gasteiger partial charge in [0.25, 0.3) is 5.91 Å². The van der Waals surface area contributed by atoms with Gasteiger partial charge in [0.1, 0.15) is 17.2 Å². The number of para-hydroxylation sites is 2. The number of carbonyl (C=O) groups excluding carboxylic acids is 1. The molecule has 2 aromatic rings. The van der Waals surface area contributed by atoms with Gasteiger partial charge in [-0.3, -0.25) is 9.78 Å². The van der Waals surface area contributed by atoms with Gasteiger partial charge in [0.05, 0.1) is 5.69 Å². The molecule has 0 aliphatic rings. The predicted octanol–water partition coefficient (Wildman–Crippen LogP) is 2.16. The number of nitrogens with zero attached hydrogens (tertiary/aromatic N) is 2. The van der Waals surface area contributed by atoms with Crippen molar-refractivity contribution in [1.82, 2.24) is 9.88 Å². The maximum absolute atomic E-state index is 11.8. The second-order valence-electron chi connectivity index (χ2n) is 4.22. The first-order valence-electron chi connectivity index (χ1n) is 5.78. The highest BCUT2D eigenvalue weighted by Gasteiger charge is 2.11. The molecule has 0 saturated heterocycles. The lowest BCUT2D eigenvalue weighted by Gasteiger charge is -2.11. The third kappa shape index (κ3) is 3.01. The van der Waals surface area contributed by atoms with Crippen molar-refractivity contribution in [2.45, 2.75) is 0 Å². The summed E-state index contributed by atoms with van der Waals surface area (Å²) in [6.07, 6.45) is 1.53. The van der Waals surface area contributed by atoms with E-state index in [4.69, 9.17) is 10.5 Å². The number of amides is 1. The summed E-state index contributed by atoms with van der Waals surface area (Å²) < 4.78 is 5.64. The lowest BCUT2D eigenvalue weighted by molar-refractivity contribution is 0.0821. The van der Waals surface area contributed by atoms with E-state index in [-0.39, 0.29) is 5.91 Å². The second-order valence-corrected chi connectivity index (χ2v) is 4.22. The first kappa shape index (κ1) is 12.9. The molecule has 0 radical (unpaired) electrons. The highest BCUT2D eigenvalue weighted by molar-refractivity contribution is 5.92. The Kier molecular flexibility index (Phi) is 3.66. The zero-order valence-electron chi connectivity index (χ0n) is 10.8. The fraction of sp³-hybridized carbons (Fsp3) is 0.143. The number of nitrogen functional groups attached to an aromatic ring is 1. The van der Waals surface area contributed by atoms with E-state index in [1.54, 1.807) is 38.4 Å². The number of pyridine rings is 1. The molecule has 0 unspecified atom stereocenters. The van der Waals surface area contributed by atoms with Crippen LogP contribution in [-0.2, 0) is 0 Å². The van der Waals surface area contributed by atoms with Crippen LogP contribution in [0.2, 0.25) is 0 Å². The average molecular weight is 257 g/mol. The molecule has 0 bridgehead atoms. The summed E-state index contributed by atoms with van der Waals surface area (Å²) in [5, 5.41) is 0. The van der Waals surface area contributed by atoms with Crippen molar-refractivity contribution in [1.29, 1.82) is 0 Å². The van der Waals surface area contributed by atoms with Gasteiger partial charge in [-0.2, -0.15) is 0 Å². The molecule has 19 heavy (non-hydrogen) atoms. The van der Waals surface area contributed by atoms with E-state index in [1.807, 2.05) is 12.1 Å². The highest BCUT2D eigenvalue weighted by atomic mass is 16.5. The Morgan fingerprint density at radius 3 is 2.68 bits per heavy atom. The van der Waals surface area contributed by atoms with Gasteiger partial charge in [-0.15, -0.1) is 0 Å². The highest BCUT2D eigenvalue weighted by Crippen LogP contribution is 2.26. The normalized spacial score (nSPS) is 10.0. The maximum Gasteiger partial charge on any atom is 0.272 e. The molecule has 5 heteroatoms. The van der Waals surface area contributed by atoms with Crippen LogP contribution >= 0.6 is 0 Å². The fourth-order valence-electron chi connectivity index (χ4n) is 1.52. The van der Waals surface area contributed by atoms with Crippen molar-refractivity contribution in [2.24, 2.45) is 0 Å². The first-order valence-corrected chi connectivity index (χ1v) is 5.78. The SMILES string of the molecule is CN(C)C(=O)c1cc(Oc2ccccc2N)ccn1. The minimum atomic E-state index is -0.175. The van der Waals surface area contributed by atoms with E-state index in [0.717, 1.165) is 0 Å². The van der Waals surface area contributed by atoms with Crippen LogP contribution in [0.4, 0.5) is 5.69 Å². The zero-order chi connectivity index (χ0) is 13.8. The van der Waals surface area contributed by atoms with Crippen molar-refractivity contribution in [3.05, 3.63) is 48.3 Å². The summed E-state index contributed by atoms with van der Waals surface area (Å²) in [6, 6.07) is 10.5. The molecule has 0 spiro atoms. The Balaban J connectivity index is 2.25.